The second-order valence-corrected chi connectivity index (χ2v) is 9.84. The molecule has 170 valence electrons. The molecule has 8 heteroatoms. The number of carbonyl (C=O) groups is 3. The van der Waals surface area contributed by atoms with Gasteiger partial charge in [0.2, 0.25) is 11.8 Å². The molecule has 1 aromatic carbocycles. The fourth-order valence-electron chi connectivity index (χ4n) is 4.60. The van der Waals surface area contributed by atoms with Crippen LogP contribution in [-0.4, -0.2) is 43.6 Å². The molecule has 0 saturated carbocycles. The molecule has 33 heavy (non-hydrogen) atoms. The van der Waals surface area contributed by atoms with E-state index >= 15 is 0 Å². The molecule has 0 bridgehead atoms. The van der Waals surface area contributed by atoms with Gasteiger partial charge in [0.05, 0.1) is 0 Å². The van der Waals surface area contributed by atoms with Crippen molar-refractivity contribution in [3.05, 3.63) is 53.2 Å². The molecule has 2 aliphatic rings. The van der Waals surface area contributed by atoms with Gasteiger partial charge in [0, 0.05) is 35.8 Å². The van der Waals surface area contributed by atoms with Gasteiger partial charge in [-0.05, 0) is 63.4 Å². The summed E-state index contributed by atoms with van der Waals surface area (Å²) in [5.41, 5.74) is 4.94. The number of amides is 3. The minimum absolute atomic E-state index is 0.176. The third-order valence-electron chi connectivity index (χ3n) is 6.14. The number of aromatic nitrogens is 2. The zero-order valence-electron chi connectivity index (χ0n) is 19.2. The normalized spacial score (nSPS) is 18.6. The average molecular weight is 446 g/mol. The molecule has 5 rings (SSSR count). The van der Waals surface area contributed by atoms with Crippen LogP contribution >= 0.6 is 0 Å². The molecule has 0 radical (unpaired) electrons. The van der Waals surface area contributed by atoms with Crippen LogP contribution in [0.1, 0.15) is 55.1 Å². The van der Waals surface area contributed by atoms with Crippen LogP contribution in [0.5, 0.6) is 0 Å². The van der Waals surface area contributed by atoms with Crippen molar-refractivity contribution < 1.29 is 14.4 Å². The van der Waals surface area contributed by atoms with Crippen molar-refractivity contribution in [3.8, 4) is 11.3 Å². The van der Waals surface area contributed by atoms with Gasteiger partial charge in [0.1, 0.15) is 23.2 Å². The first-order valence-electron chi connectivity index (χ1n) is 11.2. The number of nitrogens with zero attached hydrogens (tertiary/aromatic N) is 3. The van der Waals surface area contributed by atoms with Gasteiger partial charge in [-0.1, -0.05) is 12.1 Å². The number of carbonyl (C=O) groups excluding carboxylic acids is 3. The Hall–Kier alpha value is -3.68. The number of benzene rings is 1. The first kappa shape index (κ1) is 21.2. The quantitative estimate of drug-likeness (QED) is 0.603. The zero-order chi connectivity index (χ0) is 23.5. The molecule has 3 amide bonds. The summed E-state index contributed by atoms with van der Waals surface area (Å²) in [6, 6.07) is 9.13. The van der Waals surface area contributed by atoms with Crippen LogP contribution in [-0.2, 0) is 16.1 Å². The van der Waals surface area contributed by atoms with E-state index in [2.05, 4.69) is 35.8 Å². The third-order valence-corrected chi connectivity index (χ3v) is 6.14. The Balaban J connectivity index is 1.55. The van der Waals surface area contributed by atoms with Crippen molar-refractivity contribution in [2.24, 2.45) is 0 Å². The first-order chi connectivity index (χ1) is 15.6. The summed E-state index contributed by atoms with van der Waals surface area (Å²) < 4.78 is 2.06. The second-order valence-electron chi connectivity index (χ2n) is 9.84. The molecule has 1 saturated heterocycles. The number of hydrogen-bond donors (Lipinski definition) is 2. The minimum Gasteiger partial charge on any atom is -0.365 e. The fourth-order valence-corrected chi connectivity index (χ4v) is 4.60. The van der Waals surface area contributed by atoms with Gasteiger partial charge in [-0.25, -0.2) is 4.98 Å². The minimum atomic E-state index is -0.623. The van der Waals surface area contributed by atoms with E-state index < -0.39 is 11.9 Å². The lowest BCUT2D eigenvalue weighted by Crippen LogP contribution is -2.52. The molecule has 1 fully saturated rings. The van der Waals surface area contributed by atoms with Gasteiger partial charge in [0.15, 0.2) is 0 Å². The topological polar surface area (TPSA) is 95.8 Å². The molecule has 1 unspecified atom stereocenters. The van der Waals surface area contributed by atoms with Gasteiger partial charge in [-0.15, -0.1) is 0 Å². The van der Waals surface area contributed by atoms with Gasteiger partial charge < -0.3 is 10.2 Å². The number of nitrogens with one attached hydrogen (secondary N) is 2. The van der Waals surface area contributed by atoms with E-state index in [1.54, 1.807) is 4.90 Å². The highest BCUT2D eigenvalue weighted by Crippen LogP contribution is 2.35. The highest BCUT2D eigenvalue weighted by atomic mass is 16.2. The molecular formula is C25H27N5O3. The summed E-state index contributed by atoms with van der Waals surface area (Å²) in [6.07, 6.45) is 2.58. The number of rotatable bonds is 3. The molecule has 1 atom stereocenters. The van der Waals surface area contributed by atoms with Crippen LogP contribution < -0.4 is 10.6 Å². The summed E-state index contributed by atoms with van der Waals surface area (Å²) >= 11 is 0. The van der Waals surface area contributed by atoms with Crippen molar-refractivity contribution in [1.29, 1.82) is 0 Å². The maximum absolute atomic E-state index is 13.0. The molecule has 8 nitrogen and oxygen atoms in total. The van der Waals surface area contributed by atoms with Crippen LogP contribution in [0.2, 0.25) is 0 Å². The Morgan fingerprint density at radius 3 is 2.67 bits per heavy atom. The van der Waals surface area contributed by atoms with Gasteiger partial charge >= 0.3 is 0 Å². The number of fused-ring (bicyclic) bond motifs is 2. The first-order valence-corrected chi connectivity index (χ1v) is 11.2. The van der Waals surface area contributed by atoms with Crippen molar-refractivity contribution in [3.63, 3.8) is 0 Å². The molecule has 2 aromatic heterocycles. The van der Waals surface area contributed by atoms with Crippen molar-refractivity contribution in [2.45, 2.75) is 58.7 Å². The molecule has 0 aliphatic carbocycles. The number of imidazole rings is 1. The predicted octanol–water partition coefficient (Wildman–Crippen LogP) is 3.28. The maximum atomic E-state index is 13.0. The monoisotopic (exact) mass is 445 g/mol. The summed E-state index contributed by atoms with van der Waals surface area (Å²) in [4.78, 5) is 43.4. The summed E-state index contributed by atoms with van der Waals surface area (Å²) in [5, 5.41) is 5.93. The van der Waals surface area contributed by atoms with Crippen LogP contribution in [0.15, 0.2) is 36.5 Å². The predicted molar refractivity (Wildman–Crippen MR) is 125 cm³/mol. The Morgan fingerprint density at radius 2 is 1.94 bits per heavy atom. The number of anilines is 1. The molecule has 2 N–H and O–H groups in total. The third kappa shape index (κ3) is 3.65. The Kier molecular flexibility index (Phi) is 4.77. The lowest BCUT2D eigenvalue weighted by molar-refractivity contribution is -0.136. The number of imide groups is 1. The van der Waals surface area contributed by atoms with E-state index in [0.717, 1.165) is 33.8 Å². The van der Waals surface area contributed by atoms with Crippen molar-refractivity contribution >= 4 is 29.2 Å². The highest BCUT2D eigenvalue weighted by Gasteiger charge is 2.39. The van der Waals surface area contributed by atoms with Crippen LogP contribution in [0, 0.1) is 6.92 Å². The van der Waals surface area contributed by atoms with Gasteiger partial charge in [-0.3, -0.25) is 24.1 Å². The molecule has 2 aliphatic heterocycles. The second kappa shape index (κ2) is 7.43. The Morgan fingerprint density at radius 1 is 1.15 bits per heavy atom. The van der Waals surface area contributed by atoms with E-state index in [1.165, 1.54) is 0 Å². The molecular weight excluding hydrogens is 418 g/mol. The van der Waals surface area contributed by atoms with Gasteiger partial charge in [0.25, 0.3) is 5.91 Å². The van der Waals surface area contributed by atoms with Crippen LogP contribution in [0.4, 0.5) is 5.82 Å². The number of hydrogen-bond acceptors (Lipinski definition) is 5. The van der Waals surface area contributed by atoms with E-state index in [1.807, 2.05) is 43.5 Å². The number of piperidine rings is 1. The smallest absolute Gasteiger partial charge is 0.255 e. The highest BCUT2D eigenvalue weighted by molar-refractivity contribution is 6.05. The zero-order valence-corrected chi connectivity index (χ0v) is 19.2. The van der Waals surface area contributed by atoms with Gasteiger partial charge in [-0.2, -0.15) is 0 Å². The molecule has 0 spiro atoms. The Labute approximate surface area is 192 Å². The lowest BCUT2D eigenvalue weighted by atomic mass is 10.0. The van der Waals surface area contributed by atoms with Crippen LogP contribution in [0.25, 0.3) is 16.9 Å². The summed E-state index contributed by atoms with van der Waals surface area (Å²) in [7, 11) is 0. The Bertz CT molecular complexity index is 1320. The van der Waals surface area contributed by atoms with E-state index in [4.69, 9.17) is 4.98 Å². The average Bonchev–Trinajstić information content (AvgIpc) is 3.26. The SMILES string of the molecule is Cc1cccn2c(NC(C)(C)C)c(-c3ccc4c(c3)CN(C3CCC(=O)NC3=O)C4=O)nc12. The standard InChI is InChI=1S/C25H27N5O3/c1-14-6-5-11-29-21(14)27-20(22(29)28-25(2,3)4)15-7-8-17-16(12-15)13-30(24(17)33)18-9-10-19(31)26-23(18)32/h5-8,11-12,18,28H,9-10,13H2,1-4H3,(H,26,31,32). The van der Waals surface area contributed by atoms with Crippen LogP contribution in [0.3, 0.4) is 0 Å². The maximum Gasteiger partial charge on any atom is 0.255 e. The van der Waals surface area contributed by atoms with E-state index in [-0.39, 0.29) is 23.8 Å². The largest absolute Gasteiger partial charge is 0.365 e. The molecule has 4 heterocycles. The van der Waals surface area contributed by atoms with Crippen molar-refractivity contribution in [1.82, 2.24) is 19.6 Å². The van der Waals surface area contributed by atoms with Crippen molar-refractivity contribution in [2.75, 3.05) is 5.32 Å². The summed E-state index contributed by atoms with van der Waals surface area (Å²) in [5.74, 6) is 0.0290. The number of pyridine rings is 1. The molecule has 3 aromatic rings. The van der Waals surface area contributed by atoms with E-state index in [9.17, 15) is 14.4 Å². The van der Waals surface area contributed by atoms with E-state index in [0.29, 0.717) is 18.5 Å². The fraction of sp³-hybridized carbons (Fsp3) is 0.360. The summed E-state index contributed by atoms with van der Waals surface area (Å²) in [6.45, 7) is 8.68. The number of aryl methyl sites for hydroxylation is 1. The lowest BCUT2D eigenvalue weighted by Gasteiger charge is -2.29.